The zero-order valence-electron chi connectivity index (χ0n) is 10.4. The first kappa shape index (κ1) is 10.8. The molecule has 0 aliphatic carbocycles. The Hall–Kier alpha value is -2.36. The van der Waals surface area contributed by atoms with Crippen LogP contribution in [0.2, 0.25) is 0 Å². The molecule has 2 aromatic heterocycles. The number of nitrogens with zero attached hydrogens (tertiary/aromatic N) is 3. The average molecular weight is 238 g/mol. The Balaban J connectivity index is 2.25. The van der Waals surface area contributed by atoms with Crippen LogP contribution in [0.3, 0.4) is 0 Å². The number of hydrogen-bond acceptors (Lipinski definition) is 3. The van der Waals surface area contributed by atoms with Crippen molar-refractivity contribution in [3.63, 3.8) is 0 Å². The summed E-state index contributed by atoms with van der Waals surface area (Å²) in [5.74, 6) is 0.302. The molecule has 0 atom stereocenters. The van der Waals surface area contributed by atoms with Crippen LogP contribution in [0.15, 0.2) is 36.5 Å². The molecule has 4 nitrogen and oxygen atoms in total. The molecule has 0 saturated carbocycles. The number of nitrogens with two attached hydrogens (primary N) is 1. The van der Waals surface area contributed by atoms with Crippen molar-refractivity contribution in [1.82, 2.24) is 14.6 Å². The van der Waals surface area contributed by atoms with Crippen molar-refractivity contribution in [3.05, 3.63) is 47.7 Å². The maximum Gasteiger partial charge on any atom is 0.240 e. The number of pyridine rings is 1. The van der Waals surface area contributed by atoms with Crippen LogP contribution in [0, 0.1) is 13.8 Å². The molecule has 0 aliphatic rings. The molecule has 0 radical (unpaired) electrons. The summed E-state index contributed by atoms with van der Waals surface area (Å²) < 4.78 is 1.72. The summed E-state index contributed by atoms with van der Waals surface area (Å²) >= 11 is 0. The largest absolute Gasteiger partial charge is 0.366 e. The lowest BCUT2D eigenvalue weighted by Gasteiger charge is -2.07. The van der Waals surface area contributed by atoms with Crippen molar-refractivity contribution >= 4 is 11.6 Å². The second kappa shape index (κ2) is 3.84. The zero-order chi connectivity index (χ0) is 12.7. The van der Waals surface area contributed by atoms with Crippen molar-refractivity contribution < 1.29 is 0 Å². The fourth-order valence-electron chi connectivity index (χ4n) is 2.16. The molecule has 1 aromatic carbocycles. The lowest BCUT2D eigenvalue weighted by molar-refractivity contribution is 0.966. The van der Waals surface area contributed by atoms with E-state index in [2.05, 4.69) is 48.2 Å². The number of aryl methyl sites for hydroxylation is 2. The molecule has 0 fully saturated rings. The molecule has 2 N–H and O–H groups in total. The van der Waals surface area contributed by atoms with Crippen LogP contribution in [-0.2, 0) is 0 Å². The number of aromatic nitrogens is 3. The first-order chi connectivity index (χ1) is 8.63. The van der Waals surface area contributed by atoms with Crippen LogP contribution in [0.25, 0.3) is 16.8 Å². The Morgan fingerprint density at radius 3 is 2.78 bits per heavy atom. The molecular formula is C14H14N4. The second-order valence-electron chi connectivity index (χ2n) is 4.51. The number of anilines is 1. The van der Waals surface area contributed by atoms with Gasteiger partial charge in [-0.2, -0.15) is 4.98 Å². The Bertz CT molecular complexity index is 728. The van der Waals surface area contributed by atoms with E-state index in [0.29, 0.717) is 5.95 Å². The quantitative estimate of drug-likeness (QED) is 0.709. The number of benzene rings is 1. The molecule has 0 aliphatic heterocycles. The molecule has 2 heterocycles. The van der Waals surface area contributed by atoms with E-state index < -0.39 is 0 Å². The molecule has 18 heavy (non-hydrogen) atoms. The summed E-state index contributed by atoms with van der Waals surface area (Å²) in [6.45, 7) is 4.16. The predicted octanol–water partition coefficient (Wildman–Crippen LogP) is 2.60. The van der Waals surface area contributed by atoms with Crippen molar-refractivity contribution in [2.75, 3.05) is 5.73 Å². The number of nitrogen functional groups attached to an aromatic ring is 1. The number of fused-ring (bicyclic) bond motifs is 1. The van der Waals surface area contributed by atoms with Crippen molar-refractivity contribution in [2.24, 2.45) is 0 Å². The van der Waals surface area contributed by atoms with Crippen LogP contribution in [0.5, 0.6) is 0 Å². The van der Waals surface area contributed by atoms with E-state index in [1.54, 1.807) is 4.52 Å². The lowest BCUT2D eigenvalue weighted by atomic mass is 10.0. The van der Waals surface area contributed by atoms with E-state index in [0.717, 1.165) is 11.2 Å². The van der Waals surface area contributed by atoms with Crippen molar-refractivity contribution in [2.45, 2.75) is 13.8 Å². The van der Waals surface area contributed by atoms with Crippen molar-refractivity contribution in [3.8, 4) is 11.1 Å². The van der Waals surface area contributed by atoms with Crippen LogP contribution >= 0.6 is 0 Å². The van der Waals surface area contributed by atoms with Gasteiger partial charge in [0.2, 0.25) is 5.95 Å². The molecular weight excluding hydrogens is 224 g/mol. The predicted molar refractivity (Wildman–Crippen MR) is 72.3 cm³/mol. The van der Waals surface area contributed by atoms with Crippen molar-refractivity contribution in [1.29, 1.82) is 0 Å². The Kier molecular flexibility index (Phi) is 2.30. The maximum absolute atomic E-state index is 5.61. The van der Waals surface area contributed by atoms with Gasteiger partial charge >= 0.3 is 0 Å². The summed E-state index contributed by atoms with van der Waals surface area (Å²) in [5.41, 5.74) is 11.1. The van der Waals surface area contributed by atoms with Gasteiger partial charge < -0.3 is 5.73 Å². The van der Waals surface area contributed by atoms with Gasteiger partial charge in [0.05, 0.1) is 0 Å². The summed E-state index contributed by atoms with van der Waals surface area (Å²) in [4.78, 5) is 4.16. The fraction of sp³-hybridized carbons (Fsp3) is 0.143. The Labute approximate surface area is 105 Å². The zero-order valence-corrected chi connectivity index (χ0v) is 10.4. The lowest BCUT2D eigenvalue weighted by Crippen LogP contribution is -1.93. The number of hydrogen-bond donors (Lipinski definition) is 1. The highest BCUT2D eigenvalue weighted by Gasteiger charge is 2.07. The highest BCUT2D eigenvalue weighted by Crippen LogP contribution is 2.24. The summed E-state index contributed by atoms with van der Waals surface area (Å²) in [6.07, 6.45) is 1.98. The Morgan fingerprint density at radius 2 is 2.00 bits per heavy atom. The minimum Gasteiger partial charge on any atom is -0.366 e. The monoisotopic (exact) mass is 238 g/mol. The van der Waals surface area contributed by atoms with Gasteiger partial charge in [-0.1, -0.05) is 29.8 Å². The highest BCUT2D eigenvalue weighted by atomic mass is 15.3. The minimum absolute atomic E-state index is 0.302. The molecule has 4 heteroatoms. The maximum atomic E-state index is 5.61. The molecule has 0 bridgehead atoms. The summed E-state index contributed by atoms with van der Waals surface area (Å²) in [5, 5.41) is 4.15. The number of rotatable bonds is 1. The molecule has 0 spiro atoms. The molecule has 3 rings (SSSR count). The summed E-state index contributed by atoms with van der Waals surface area (Å²) in [7, 11) is 0. The van der Waals surface area contributed by atoms with Gasteiger partial charge in [0, 0.05) is 11.8 Å². The van der Waals surface area contributed by atoms with Gasteiger partial charge in [0.15, 0.2) is 5.65 Å². The first-order valence-electron chi connectivity index (χ1n) is 5.83. The molecule has 0 unspecified atom stereocenters. The van der Waals surface area contributed by atoms with Crippen LogP contribution in [0.1, 0.15) is 11.1 Å². The standard InChI is InChI=1S/C14H14N4/c1-9-4-3-5-11(6-9)12-8-18-13(7-10(12)2)16-14(15)17-18/h3-8H,1-2H3,(H2,15,17). The van der Waals surface area contributed by atoms with E-state index in [1.165, 1.54) is 16.7 Å². The Morgan fingerprint density at radius 1 is 1.17 bits per heavy atom. The molecule has 3 aromatic rings. The SMILES string of the molecule is Cc1cccc(-c2cn3nc(N)nc3cc2C)c1. The third-order valence-electron chi connectivity index (χ3n) is 3.02. The molecule has 0 saturated heterocycles. The van der Waals surface area contributed by atoms with Gasteiger partial charge in [0.25, 0.3) is 0 Å². The van der Waals surface area contributed by atoms with Gasteiger partial charge in [-0.25, -0.2) is 4.52 Å². The first-order valence-corrected chi connectivity index (χ1v) is 5.83. The van der Waals surface area contributed by atoms with E-state index in [1.807, 2.05) is 12.3 Å². The smallest absolute Gasteiger partial charge is 0.240 e. The van der Waals surface area contributed by atoms with Gasteiger partial charge in [-0.15, -0.1) is 5.10 Å². The van der Waals surface area contributed by atoms with E-state index in [9.17, 15) is 0 Å². The topological polar surface area (TPSA) is 56.2 Å². The molecule has 0 amide bonds. The van der Waals surface area contributed by atoms with Gasteiger partial charge in [0.1, 0.15) is 0 Å². The molecule has 90 valence electrons. The third-order valence-corrected chi connectivity index (χ3v) is 3.02. The van der Waals surface area contributed by atoms with E-state index >= 15 is 0 Å². The average Bonchev–Trinajstić information content (AvgIpc) is 2.67. The third kappa shape index (κ3) is 1.72. The van der Waals surface area contributed by atoms with Gasteiger partial charge in [-0.3, -0.25) is 0 Å². The minimum atomic E-state index is 0.302. The van der Waals surface area contributed by atoms with E-state index in [-0.39, 0.29) is 0 Å². The fourth-order valence-corrected chi connectivity index (χ4v) is 2.16. The van der Waals surface area contributed by atoms with Crippen LogP contribution < -0.4 is 5.73 Å². The van der Waals surface area contributed by atoms with Crippen LogP contribution in [-0.4, -0.2) is 14.6 Å². The second-order valence-corrected chi connectivity index (χ2v) is 4.51. The highest BCUT2D eigenvalue weighted by molar-refractivity contribution is 5.69. The normalized spacial score (nSPS) is 11.0. The summed E-state index contributed by atoms with van der Waals surface area (Å²) in [6, 6.07) is 10.4. The van der Waals surface area contributed by atoms with Crippen LogP contribution in [0.4, 0.5) is 5.95 Å². The van der Waals surface area contributed by atoms with Gasteiger partial charge in [-0.05, 0) is 31.0 Å². The van der Waals surface area contributed by atoms with E-state index in [4.69, 9.17) is 5.73 Å².